The van der Waals surface area contributed by atoms with E-state index in [0.29, 0.717) is 29.4 Å². The van der Waals surface area contributed by atoms with Crippen molar-refractivity contribution in [2.75, 3.05) is 20.8 Å². The molecule has 1 heterocycles. The number of H-pyrrole nitrogens is 1. The molecule has 0 aliphatic carbocycles. The molecule has 128 valence electrons. The van der Waals surface area contributed by atoms with Crippen molar-refractivity contribution in [2.45, 2.75) is 13.8 Å². The fourth-order valence-electron chi connectivity index (χ4n) is 1.96. The van der Waals surface area contributed by atoms with Gasteiger partial charge in [-0.05, 0) is 38.2 Å². The monoisotopic (exact) mass is 350 g/mol. The zero-order chi connectivity index (χ0) is 17.7. The lowest BCUT2D eigenvalue weighted by atomic mass is 10.2. The maximum atomic E-state index is 12.0. The van der Waals surface area contributed by atoms with E-state index in [9.17, 15) is 4.79 Å². The van der Waals surface area contributed by atoms with Crippen LogP contribution in [-0.4, -0.2) is 41.9 Å². The zero-order valence-electron chi connectivity index (χ0n) is 13.8. The minimum Gasteiger partial charge on any atom is -0.493 e. The summed E-state index contributed by atoms with van der Waals surface area (Å²) in [4.78, 5) is 12.0. The number of nitrogens with zero attached hydrogens (tertiary/aromatic N) is 3. The van der Waals surface area contributed by atoms with Gasteiger partial charge in [-0.1, -0.05) is 0 Å². The van der Waals surface area contributed by atoms with Gasteiger partial charge in [0.05, 0.1) is 27.0 Å². The Morgan fingerprint density at radius 1 is 1.33 bits per heavy atom. The summed E-state index contributed by atoms with van der Waals surface area (Å²) in [5.41, 5.74) is 0.533. The summed E-state index contributed by atoms with van der Waals surface area (Å²) in [6, 6.07) is 3.45. The average Bonchev–Trinajstić information content (AvgIpc) is 2.59. The highest BCUT2D eigenvalue weighted by Crippen LogP contribution is 2.38. The second kappa shape index (κ2) is 7.73. The Balaban J connectivity index is 2.49. The molecule has 0 saturated heterocycles. The molecule has 0 bridgehead atoms. The summed E-state index contributed by atoms with van der Waals surface area (Å²) in [7, 11) is 3.07. The van der Waals surface area contributed by atoms with E-state index in [1.807, 2.05) is 6.92 Å². The molecule has 2 rings (SSSR count). The Morgan fingerprint density at radius 3 is 2.50 bits per heavy atom. The van der Waals surface area contributed by atoms with Gasteiger partial charge in [-0.3, -0.25) is 9.89 Å². The molecule has 0 spiro atoms. The summed E-state index contributed by atoms with van der Waals surface area (Å²) in [5, 5.41) is 10.5. The van der Waals surface area contributed by atoms with Crippen molar-refractivity contribution in [3.8, 4) is 17.2 Å². The van der Waals surface area contributed by atoms with Crippen LogP contribution in [0.25, 0.3) is 0 Å². The van der Waals surface area contributed by atoms with Crippen molar-refractivity contribution in [2.24, 2.45) is 5.10 Å². The standard InChI is InChI=1S/C15H18N4O4S/c1-5-23-13-11(21-3)6-10(7-12(13)22-4)8-16-19-14(20)9(2)17-18-15(19)24/h6-8H,5H2,1-4H3,(H,18,24)/b16-8-. The van der Waals surface area contributed by atoms with E-state index in [0.717, 1.165) is 4.68 Å². The fraction of sp³-hybridized carbons (Fsp3) is 0.333. The molecule has 0 fully saturated rings. The Hall–Kier alpha value is -2.68. The van der Waals surface area contributed by atoms with E-state index >= 15 is 0 Å². The fourth-order valence-corrected chi connectivity index (χ4v) is 2.14. The normalized spacial score (nSPS) is 10.8. The van der Waals surface area contributed by atoms with E-state index in [4.69, 9.17) is 26.4 Å². The lowest BCUT2D eigenvalue weighted by Crippen LogP contribution is -2.22. The van der Waals surface area contributed by atoms with E-state index in [2.05, 4.69) is 15.3 Å². The Kier molecular flexibility index (Phi) is 5.69. The third-order valence-corrected chi connectivity index (χ3v) is 3.37. The van der Waals surface area contributed by atoms with E-state index < -0.39 is 0 Å². The summed E-state index contributed by atoms with van der Waals surface area (Å²) in [6.45, 7) is 3.91. The quantitative estimate of drug-likeness (QED) is 0.632. The SMILES string of the molecule is CCOc1c(OC)cc(/C=N\n2c(=S)[nH]nc(C)c2=O)cc1OC. The summed E-state index contributed by atoms with van der Waals surface area (Å²) in [6.07, 6.45) is 1.48. The lowest BCUT2D eigenvalue weighted by Gasteiger charge is -2.14. The van der Waals surface area contributed by atoms with Gasteiger partial charge < -0.3 is 14.2 Å². The first kappa shape index (κ1) is 17.7. The third-order valence-electron chi connectivity index (χ3n) is 3.11. The molecule has 0 atom stereocenters. The number of hydrogen-bond acceptors (Lipinski definition) is 7. The van der Waals surface area contributed by atoms with Crippen LogP contribution in [0.5, 0.6) is 17.2 Å². The number of rotatable bonds is 6. The maximum absolute atomic E-state index is 12.0. The van der Waals surface area contributed by atoms with Crippen LogP contribution >= 0.6 is 12.2 Å². The van der Waals surface area contributed by atoms with Gasteiger partial charge in [0.1, 0.15) is 5.69 Å². The van der Waals surface area contributed by atoms with Crippen LogP contribution < -0.4 is 19.8 Å². The molecule has 0 aliphatic heterocycles. The highest BCUT2D eigenvalue weighted by Gasteiger charge is 2.13. The van der Waals surface area contributed by atoms with E-state index in [1.54, 1.807) is 19.1 Å². The highest BCUT2D eigenvalue weighted by molar-refractivity contribution is 7.71. The van der Waals surface area contributed by atoms with E-state index in [-0.39, 0.29) is 16.0 Å². The molecule has 0 saturated carbocycles. The molecule has 1 aromatic carbocycles. The molecular formula is C15H18N4O4S. The highest BCUT2D eigenvalue weighted by atomic mass is 32.1. The second-order valence-corrected chi connectivity index (χ2v) is 5.05. The Labute approximate surface area is 143 Å². The molecule has 0 aliphatic rings. The van der Waals surface area contributed by atoms with Crippen molar-refractivity contribution in [3.63, 3.8) is 0 Å². The molecule has 1 N–H and O–H groups in total. The van der Waals surface area contributed by atoms with Gasteiger partial charge in [0.15, 0.2) is 11.5 Å². The number of ether oxygens (including phenoxy) is 3. The van der Waals surface area contributed by atoms with Crippen LogP contribution in [0.4, 0.5) is 0 Å². The molecule has 0 amide bonds. The molecule has 9 heteroatoms. The largest absolute Gasteiger partial charge is 0.493 e. The minimum absolute atomic E-state index is 0.103. The maximum Gasteiger partial charge on any atom is 0.296 e. The van der Waals surface area contributed by atoms with Gasteiger partial charge >= 0.3 is 0 Å². The van der Waals surface area contributed by atoms with E-state index in [1.165, 1.54) is 20.4 Å². The topological polar surface area (TPSA) is 90.7 Å². The average molecular weight is 350 g/mol. The number of methoxy groups -OCH3 is 2. The lowest BCUT2D eigenvalue weighted by molar-refractivity contribution is 0.288. The number of hydrogen-bond donors (Lipinski definition) is 1. The number of nitrogens with one attached hydrogen (secondary N) is 1. The zero-order valence-corrected chi connectivity index (χ0v) is 14.6. The van der Waals surface area contributed by atoms with Crippen LogP contribution in [0.2, 0.25) is 0 Å². The number of aryl methyl sites for hydroxylation is 1. The molecule has 8 nitrogen and oxygen atoms in total. The molecule has 24 heavy (non-hydrogen) atoms. The smallest absolute Gasteiger partial charge is 0.296 e. The van der Waals surface area contributed by atoms with Gasteiger partial charge in [-0.25, -0.2) is 0 Å². The van der Waals surface area contributed by atoms with Crippen LogP contribution in [-0.2, 0) is 0 Å². The molecule has 0 unspecified atom stereocenters. The number of aromatic amines is 1. The number of aromatic nitrogens is 3. The van der Waals surface area contributed by atoms with Crippen molar-refractivity contribution in [1.29, 1.82) is 0 Å². The first-order valence-corrected chi connectivity index (χ1v) is 7.54. The predicted molar refractivity (Wildman–Crippen MR) is 92.1 cm³/mol. The first-order valence-electron chi connectivity index (χ1n) is 7.13. The van der Waals surface area contributed by atoms with Crippen molar-refractivity contribution < 1.29 is 14.2 Å². The predicted octanol–water partition coefficient (Wildman–Crippen LogP) is 1.91. The van der Waals surface area contributed by atoms with Crippen molar-refractivity contribution in [3.05, 3.63) is 38.5 Å². The molecule has 2 aromatic rings. The Bertz CT molecular complexity index is 848. The molecule has 0 radical (unpaired) electrons. The van der Waals surface area contributed by atoms with Crippen LogP contribution in [0.15, 0.2) is 22.0 Å². The number of benzene rings is 1. The summed E-state index contributed by atoms with van der Waals surface area (Å²) >= 11 is 5.03. The van der Waals surface area contributed by atoms with Gasteiger partial charge in [0.2, 0.25) is 10.5 Å². The molecular weight excluding hydrogens is 332 g/mol. The third kappa shape index (κ3) is 3.62. The van der Waals surface area contributed by atoms with Crippen LogP contribution in [0.3, 0.4) is 0 Å². The minimum atomic E-state index is -0.389. The van der Waals surface area contributed by atoms with Gasteiger partial charge in [-0.2, -0.15) is 14.9 Å². The van der Waals surface area contributed by atoms with Gasteiger partial charge in [0.25, 0.3) is 5.56 Å². The summed E-state index contributed by atoms with van der Waals surface area (Å²) < 4.78 is 17.4. The van der Waals surface area contributed by atoms with Crippen molar-refractivity contribution in [1.82, 2.24) is 14.9 Å². The second-order valence-electron chi connectivity index (χ2n) is 4.66. The first-order chi connectivity index (χ1) is 11.5. The summed E-state index contributed by atoms with van der Waals surface area (Å²) in [5.74, 6) is 1.51. The van der Waals surface area contributed by atoms with Crippen molar-refractivity contribution >= 4 is 18.4 Å². The van der Waals surface area contributed by atoms with Crippen LogP contribution in [0, 0.1) is 11.7 Å². The molecule has 1 aromatic heterocycles. The Morgan fingerprint density at radius 2 is 1.96 bits per heavy atom. The van der Waals surface area contributed by atoms with Crippen LogP contribution in [0.1, 0.15) is 18.2 Å². The van der Waals surface area contributed by atoms with Gasteiger partial charge in [-0.15, -0.1) is 0 Å². The van der Waals surface area contributed by atoms with Gasteiger partial charge in [0, 0.05) is 5.56 Å².